The molecule has 0 bridgehead atoms. The summed E-state index contributed by atoms with van der Waals surface area (Å²) in [7, 11) is 0. The summed E-state index contributed by atoms with van der Waals surface area (Å²) in [5.74, 6) is 0.121. The zero-order chi connectivity index (χ0) is 16.5. The van der Waals surface area contributed by atoms with Crippen LogP contribution in [0.1, 0.15) is 53.4 Å². The number of aromatic nitrogens is 3. The maximum absolute atomic E-state index is 11.9. The number of rotatable bonds is 5. The van der Waals surface area contributed by atoms with Crippen LogP contribution < -0.4 is 10.6 Å². The summed E-state index contributed by atoms with van der Waals surface area (Å²) in [6.45, 7) is 3.67. The molecule has 2 aliphatic rings. The lowest BCUT2D eigenvalue weighted by molar-refractivity contribution is -0.123. The van der Waals surface area contributed by atoms with Gasteiger partial charge in [0.15, 0.2) is 0 Å². The van der Waals surface area contributed by atoms with Gasteiger partial charge in [-0.1, -0.05) is 0 Å². The summed E-state index contributed by atoms with van der Waals surface area (Å²) in [6.07, 6.45) is 8.88. The van der Waals surface area contributed by atoms with E-state index in [-0.39, 0.29) is 18.0 Å². The number of fused-ring (bicyclic) bond motifs is 1. The molecule has 2 aromatic rings. The molecule has 6 nitrogen and oxygen atoms in total. The number of hydrogen-bond donors (Lipinski definition) is 2. The van der Waals surface area contributed by atoms with Gasteiger partial charge in [0.1, 0.15) is 5.01 Å². The van der Waals surface area contributed by atoms with Crippen LogP contribution in [0.15, 0.2) is 12.4 Å². The van der Waals surface area contributed by atoms with Crippen LogP contribution in [0, 0.1) is 0 Å². The Balaban J connectivity index is 1.45. The number of hydrogen-bond acceptors (Lipinski definition) is 5. The minimum atomic E-state index is -0.0154. The van der Waals surface area contributed by atoms with Gasteiger partial charge in [0.25, 0.3) is 0 Å². The molecule has 3 heterocycles. The fourth-order valence-electron chi connectivity index (χ4n) is 3.59. The minimum Gasteiger partial charge on any atom is -0.348 e. The second-order valence-electron chi connectivity index (χ2n) is 6.53. The van der Waals surface area contributed by atoms with Crippen molar-refractivity contribution in [1.29, 1.82) is 0 Å². The normalized spacial score (nSPS) is 23.3. The number of nitrogens with one attached hydrogen (secondary N) is 2. The van der Waals surface area contributed by atoms with Gasteiger partial charge in [-0.2, -0.15) is 5.10 Å². The Kier molecular flexibility index (Phi) is 4.37. The van der Waals surface area contributed by atoms with Crippen LogP contribution in [0.4, 0.5) is 0 Å². The van der Waals surface area contributed by atoms with E-state index in [0.717, 1.165) is 31.5 Å². The van der Waals surface area contributed by atoms with Gasteiger partial charge in [0, 0.05) is 42.2 Å². The lowest BCUT2D eigenvalue weighted by Crippen LogP contribution is -2.48. The first kappa shape index (κ1) is 15.8. The molecule has 1 saturated heterocycles. The van der Waals surface area contributed by atoms with Gasteiger partial charge < -0.3 is 10.6 Å². The van der Waals surface area contributed by atoms with Crippen molar-refractivity contribution in [1.82, 2.24) is 25.4 Å². The number of amides is 1. The molecule has 2 aromatic heterocycles. The highest BCUT2D eigenvalue weighted by Gasteiger charge is 2.30. The molecule has 1 aliphatic carbocycles. The number of aryl methyl sites for hydroxylation is 3. The maximum atomic E-state index is 11.9. The quantitative estimate of drug-likeness (QED) is 0.869. The van der Waals surface area contributed by atoms with Gasteiger partial charge in [0.05, 0.1) is 17.9 Å². The molecule has 1 fully saturated rings. The molecule has 2 N–H and O–H groups in total. The molecule has 24 heavy (non-hydrogen) atoms. The van der Waals surface area contributed by atoms with E-state index < -0.39 is 0 Å². The largest absolute Gasteiger partial charge is 0.348 e. The van der Waals surface area contributed by atoms with Crippen LogP contribution in [0.2, 0.25) is 0 Å². The number of carbonyl (C=O) groups is 1. The van der Waals surface area contributed by atoms with E-state index >= 15 is 0 Å². The summed E-state index contributed by atoms with van der Waals surface area (Å²) in [6, 6.07) is 0.203. The van der Waals surface area contributed by atoms with Crippen molar-refractivity contribution in [3.8, 4) is 0 Å². The van der Waals surface area contributed by atoms with Crippen LogP contribution in [0.3, 0.4) is 0 Å². The Bertz CT molecular complexity index is 716. The van der Waals surface area contributed by atoms with E-state index in [0.29, 0.717) is 6.42 Å². The van der Waals surface area contributed by atoms with Crippen LogP contribution >= 0.6 is 11.3 Å². The zero-order valence-electron chi connectivity index (χ0n) is 13.9. The number of thiazole rings is 1. The van der Waals surface area contributed by atoms with Crippen molar-refractivity contribution in [3.05, 3.63) is 33.5 Å². The molecule has 0 unspecified atom stereocenters. The van der Waals surface area contributed by atoms with Crippen molar-refractivity contribution < 1.29 is 4.79 Å². The van der Waals surface area contributed by atoms with Gasteiger partial charge in [-0.05, 0) is 32.6 Å². The molecule has 0 aromatic carbocycles. The monoisotopic (exact) mass is 345 g/mol. The van der Waals surface area contributed by atoms with E-state index in [4.69, 9.17) is 4.98 Å². The Morgan fingerprint density at radius 1 is 1.42 bits per heavy atom. The zero-order valence-corrected chi connectivity index (χ0v) is 14.7. The van der Waals surface area contributed by atoms with Crippen LogP contribution in [0.25, 0.3) is 0 Å². The van der Waals surface area contributed by atoms with E-state index in [1.165, 1.54) is 28.4 Å². The van der Waals surface area contributed by atoms with E-state index in [9.17, 15) is 4.79 Å². The predicted molar refractivity (Wildman–Crippen MR) is 92.8 cm³/mol. The van der Waals surface area contributed by atoms with Crippen molar-refractivity contribution in [3.63, 3.8) is 0 Å². The third-order valence-electron chi connectivity index (χ3n) is 4.89. The number of carbonyl (C=O) groups excluding carboxylic acids is 1. The Labute approximate surface area is 145 Å². The molecule has 1 aliphatic heterocycles. The second-order valence-corrected chi connectivity index (χ2v) is 7.70. The fraction of sp³-hybridized carbons (Fsp3) is 0.588. The van der Waals surface area contributed by atoms with Gasteiger partial charge >= 0.3 is 0 Å². The first-order chi connectivity index (χ1) is 11.7. The SMILES string of the molecule is CCn1cc([C@@H]2NC(=O)CC[C@H]2NCc2nc3c(s2)CCC3)cn1. The van der Waals surface area contributed by atoms with Crippen molar-refractivity contribution >= 4 is 17.2 Å². The van der Waals surface area contributed by atoms with Crippen molar-refractivity contribution in [2.45, 2.75) is 64.2 Å². The Hall–Kier alpha value is -1.73. The highest BCUT2D eigenvalue weighted by molar-refractivity contribution is 7.11. The summed E-state index contributed by atoms with van der Waals surface area (Å²) >= 11 is 1.84. The van der Waals surface area contributed by atoms with E-state index in [1.807, 2.05) is 28.4 Å². The molecular formula is C17H23N5OS. The summed E-state index contributed by atoms with van der Waals surface area (Å²) in [4.78, 5) is 18.1. The molecule has 0 saturated carbocycles. The number of nitrogens with zero attached hydrogens (tertiary/aromatic N) is 3. The molecule has 7 heteroatoms. The molecule has 128 valence electrons. The van der Waals surface area contributed by atoms with Crippen molar-refractivity contribution in [2.24, 2.45) is 0 Å². The molecule has 2 atom stereocenters. The first-order valence-electron chi connectivity index (χ1n) is 8.75. The maximum Gasteiger partial charge on any atom is 0.220 e. The van der Waals surface area contributed by atoms with Gasteiger partial charge in [-0.15, -0.1) is 11.3 Å². The summed E-state index contributed by atoms with van der Waals surface area (Å²) in [5.41, 5.74) is 2.37. The van der Waals surface area contributed by atoms with Gasteiger partial charge in [-0.3, -0.25) is 9.48 Å². The second kappa shape index (κ2) is 6.64. The minimum absolute atomic E-state index is 0.0154. The Morgan fingerprint density at radius 3 is 3.12 bits per heavy atom. The lowest BCUT2D eigenvalue weighted by Gasteiger charge is -2.32. The molecule has 0 radical (unpaired) electrons. The highest BCUT2D eigenvalue weighted by Crippen LogP contribution is 2.28. The molecule has 1 amide bonds. The van der Waals surface area contributed by atoms with Crippen molar-refractivity contribution in [2.75, 3.05) is 0 Å². The van der Waals surface area contributed by atoms with Gasteiger partial charge in [-0.25, -0.2) is 4.98 Å². The smallest absolute Gasteiger partial charge is 0.220 e. The van der Waals surface area contributed by atoms with Crippen LogP contribution in [-0.2, 0) is 30.7 Å². The fourth-order valence-corrected chi connectivity index (χ4v) is 4.69. The average Bonchev–Trinajstić information content (AvgIpc) is 3.29. The molecular weight excluding hydrogens is 322 g/mol. The van der Waals surface area contributed by atoms with Crippen LogP contribution in [-0.4, -0.2) is 26.7 Å². The van der Waals surface area contributed by atoms with Crippen LogP contribution in [0.5, 0.6) is 0 Å². The standard InChI is InChI=1S/C17H23N5OS/c1-2-22-10-11(8-19-22)17-13(6-7-15(23)21-17)18-9-16-20-12-4-3-5-14(12)24-16/h8,10,13,17-18H,2-7,9H2,1H3,(H,21,23)/t13-,17+/m1/s1. The topological polar surface area (TPSA) is 71.8 Å². The van der Waals surface area contributed by atoms with E-state index in [2.05, 4.69) is 22.7 Å². The Morgan fingerprint density at radius 2 is 2.33 bits per heavy atom. The molecule has 0 spiro atoms. The third-order valence-corrected chi connectivity index (χ3v) is 6.05. The molecule has 4 rings (SSSR count). The van der Waals surface area contributed by atoms with Gasteiger partial charge in [0.2, 0.25) is 5.91 Å². The average molecular weight is 345 g/mol. The highest BCUT2D eigenvalue weighted by atomic mass is 32.1. The summed E-state index contributed by atoms with van der Waals surface area (Å²) < 4.78 is 1.90. The first-order valence-corrected chi connectivity index (χ1v) is 9.57. The summed E-state index contributed by atoms with van der Waals surface area (Å²) in [5, 5.41) is 12.3. The van der Waals surface area contributed by atoms with E-state index in [1.54, 1.807) is 0 Å². The number of piperidine rings is 1. The third kappa shape index (κ3) is 3.10. The predicted octanol–water partition coefficient (Wildman–Crippen LogP) is 1.96. The lowest BCUT2D eigenvalue weighted by atomic mass is 9.94.